The highest BCUT2D eigenvalue weighted by Crippen LogP contribution is 2.24. The molecule has 0 spiro atoms. The molecule has 0 aliphatic heterocycles. The van der Waals surface area contributed by atoms with E-state index in [9.17, 15) is 5.11 Å². The lowest BCUT2D eigenvalue weighted by molar-refractivity contribution is -0.00906. The molecule has 0 unspecified atom stereocenters. The van der Waals surface area contributed by atoms with Crippen molar-refractivity contribution in [3.8, 4) is 0 Å². The van der Waals surface area contributed by atoms with Gasteiger partial charge in [-0.1, -0.05) is 32.1 Å². The first-order valence-corrected chi connectivity index (χ1v) is 7.35. The first kappa shape index (κ1) is 14.9. The second-order valence-corrected chi connectivity index (χ2v) is 5.36. The van der Waals surface area contributed by atoms with Crippen LogP contribution in [0.15, 0.2) is 0 Å². The summed E-state index contributed by atoms with van der Waals surface area (Å²) in [6.45, 7) is 1.24. The van der Waals surface area contributed by atoms with Gasteiger partial charge in [-0.15, -0.1) is 0 Å². The lowest BCUT2D eigenvalue weighted by atomic mass is 10.0. The van der Waals surface area contributed by atoms with Crippen molar-refractivity contribution in [2.45, 2.75) is 76.4 Å². The Morgan fingerprint density at radius 2 is 1.41 bits per heavy atom. The fourth-order valence-corrected chi connectivity index (χ4v) is 2.58. The van der Waals surface area contributed by atoms with Gasteiger partial charge >= 0.3 is 0 Å². The lowest BCUT2D eigenvalue weighted by Gasteiger charge is -2.28. The maximum atomic E-state index is 10.3. The Morgan fingerprint density at radius 3 is 2.06 bits per heavy atom. The molecule has 17 heavy (non-hydrogen) atoms. The van der Waals surface area contributed by atoms with Gasteiger partial charge in [0.05, 0.1) is 0 Å². The molecule has 1 saturated carbocycles. The normalized spacial score (nSPS) is 20.1. The zero-order valence-corrected chi connectivity index (χ0v) is 11.1. The van der Waals surface area contributed by atoms with E-state index in [4.69, 9.17) is 5.11 Å². The smallest absolute Gasteiger partial charge is 0.116 e. The van der Waals surface area contributed by atoms with Crippen LogP contribution in [-0.2, 0) is 0 Å². The number of aliphatic hydroxyl groups is 2. The van der Waals surface area contributed by atoms with Crippen molar-refractivity contribution in [3.05, 3.63) is 0 Å². The van der Waals surface area contributed by atoms with E-state index >= 15 is 0 Å². The van der Waals surface area contributed by atoms with Gasteiger partial charge < -0.3 is 10.2 Å². The Morgan fingerprint density at radius 1 is 0.824 bits per heavy atom. The molecule has 3 heteroatoms. The standard InChI is InChI=1S/C14H29NO2/c16-13-9-5-1-4-8-12-15-14(17)10-6-2-3-7-11-14/h15-17H,1-13H2. The summed E-state index contributed by atoms with van der Waals surface area (Å²) < 4.78 is 0. The highest BCUT2D eigenvalue weighted by molar-refractivity contribution is 4.78. The van der Waals surface area contributed by atoms with Crippen molar-refractivity contribution < 1.29 is 10.2 Å². The summed E-state index contributed by atoms with van der Waals surface area (Å²) in [5.41, 5.74) is -0.582. The summed E-state index contributed by atoms with van der Waals surface area (Å²) in [7, 11) is 0. The van der Waals surface area contributed by atoms with Gasteiger partial charge in [0.25, 0.3) is 0 Å². The van der Waals surface area contributed by atoms with Crippen LogP contribution in [0.4, 0.5) is 0 Å². The molecule has 0 amide bonds. The predicted molar refractivity (Wildman–Crippen MR) is 70.8 cm³/mol. The summed E-state index contributed by atoms with van der Waals surface area (Å²) in [5.74, 6) is 0. The van der Waals surface area contributed by atoms with E-state index in [0.29, 0.717) is 6.61 Å². The fourth-order valence-electron chi connectivity index (χ4n) is 2.58. The maximum Gasteiger partial charge on any atom is 0.116 e. The van der Waals surface area contributed by atoms with E-state index in [-0.39, 0.29) is 0 Å². The molecular formula is C14H29NO2. The van der Waals surface area contributed by atoms with Crippen LogP contribution in [0.2, 0.25) is 0 Å². The van der Waals surface area contributed by atoms with Gasteiger partial charge in [-0.05, 0) is 45.1 Å². The second-order valence-electron chi connectivity index (χ2n) is 5.36. The van der Waals surface area contributed by atoms with Gasteiger partial charge in [0.2, 0.25) is 0 Å². The van der Waals surface area contributed by atoms with Crippen LogP contribution in [0.1, 0.15) is 70.6 Å². The van der Waals surface area contributed by atoms with Crippen molar-refractivity contribution in [1.29, 1.82) is 0 Å². The highest BCUT2D eigenvalue weighted by atomic mass is 16.3. The fraction of sp³-hybridized carbons (Fsp3) is 1.00. The molecular weight excluding hydrogens is 214 g/mol. The van der Waals surface area contributed by atoms with Crippen molar-refractivity contribution in [1.82, 2.24) is 5.32 Å². The summed E-state index contributed by atoms with van der Waals surface area (Å²) in [6, 6.07) is 0. The van der Waals surface area contributed by atoms with E-state index in [0.717, 1.165) is 51.5 Å². The van der Waals surface area contributed by atoms with Crippen molar-refractivity contribution in [2.24, 2.45) is 0 Å². The molecule has 1 rings (SSSR count). The molecule has 102 valence electrons. The first-order valence-electron chi connectivity index (χ1n) is 7.35. The zero-order valence-electron chi connectivity index (χ0n) is 11.1. The topological polar surface area (TPSA) is 52.5 Å². The first-order chi connectivity index (χ1) is 8.27. The number of nitrogens with one attached hydrogen (secondary N) is 1. The lowest BCUT2D eigenvalue weighted by Crippen LogP contribution is -2.45. The Hall–Kier alpha value is -0.120. The minimum Gasteiger partial charge on any atom is -0.396 e. The SMILES string of the molecule is OCCCCCCCNC1(O)CCCCCC1. The van der Waals surface area contributed by atoms with E-state index in [1.54, 1.807) is 0 Å². The Labute approximate surface area is 106 Å². The van der Waals surface area contributed by atoms with Crippen LogP contribution in [0, 0.1) is 0 Å². The third kappa shape index (κ3) is 7.02. The molecule has 0 bridgehead atoms. The molecule has 1 aliphatic carbocycles. The van der Waals surface area contributed by atoms with Crippen molar-refractivity contribution >= 4 is 0 Å². The molecule has 0 saturated heterocycles. The maximum absolute atomic E-state index is 10.3. The van der Waals surface area contributed by atoms with Gasteiger partial charge in [0, 0.05) is 6.61 Å². The number of rotatable bonds is 8. The summed E-state index contributed by atoms with van der Waals surface area (Å²) in [4.78, 5) is 0. The van der Waals surface area contributed by atoms with Gasteiger partial charge in [-0.2, -0.15) is 0 Å². The van der Waals surface area contributed by atoms with E-state index in [1.807, 2.05) is 0 Å². The van der Waals surface area contributed by atoms with Crippen LogP contribution >= 0.6 is 0 Å². The molecule has 0 atom stereocenters. The Balaban J connectivity index is 2.00. The summed E-state index contributed by atoms with van der Waals surface area (Å²) >= 11 is 0. The Kier molecular flexibility index (Phi) is 7.82. The molecule has 0 aromatic rings. The number of unbranched alkanes of at least 4 members (excludes halogenated alkanes) is 4. The van der Waals surface area contributed by atoms with E-state index in [1.165, 1.54) is 25.7 Å². The number of aliphatic hydroxyl groups excluding tert-OH is 1. The average molecular weight is 243 g/mol. The van der Waals surface area contributed by atoms with Gasteiger partial charge in [-0.25, -0.2) is 0 Å². The van der Waals surface area contributed by atoms with Crippen LogP contribution in [0.3, 0.4) is 0 Å². The molecule has 3 nitrogen and oxygen atoms in total. The summed E-state index contributed by atoms with van der Waals surface area (Å²) in [5, 5.41) is 22.3. The van der Waals surface area contributed by atoms with E-state index < -0.39 is 5.72 Å². The molecule has 0 aromatic heterocycles. The quantitative estimate of drug-likeness (QED) is 0.349. The van der Waals surface area contributed by atoms with Gasteiger partial charge in [-0.3, -0.25) is 5.32 Å². The zero-order chi connectivity index (χ0) is 12.4. The van der Waals surface area contributed by atoms with Crippen LogP contribution in [-0.4, -0.2) is 29.1 Å². The van der Waals surface area contributed by atoms with Crippen LogP contribution in [0.5, 0.6) is 0 Å². The largest absolute Gasteiger partial charge is 0.396 e. The average Bonchev–Trinajstić information content (AvgIpc) is 2.53. The number of hydrogen-bond acceptors (Lipinski definition) is 3. The van der Waals surface area contributed by atoms with Crippen LogP contribution < -0.4 is 5.32 Å². The molecule has 1 fully saturated rings. The van der Waals surface area contributed by atoms with Crippen LogP contribution in [0.25, 0.3) is 0 Å². The van der Waals surface area contributed by atoms with Gasteiger partial charge in [0.15, 0.2) is 0 Å². The highest BCUT2D eigenvalue weighted by Gasteiger charge is 2.26. The second kappa shape index (κ2) is 8.90. The predicted octanol–water partition coefficient (Wildman–Crippen LogP) is 2.56. The minimum absolute atomic E-state index is 0.317. The molecule has 3 N–H and O–H groups in total. The summed E-state index contributed by atoms with van der Waals surface area (Å²) in [6.07, 6.45) is 12.3. The third-order valence-corrected chi connectivity index (χ3v) is 3.72. The number of hydrogen-bond donors (Lipinski definition) is 3. The molecule has 0 aromatic carbocycles. The van der Waals surface area contributed by atoms with E-state index in [2.05, 4.69) is 5.32 Å². The molecule has 1 aliphatic rings. The minimum atomic E-state index is -0.582. The molecule has 0 radical (unpaired) electrons. The third-order valence-electron chi connectivity index (χ3n) is 3.72. The Bertz CT molecular complexity index is 177. The monoisotopic (exact) mass is 243 g/mol. The van der Waals surface area contributed by atoms with Crippen molar-refractivity contribution in [3.63, 3.8) is 0 Å². The van der Waals surface area contributed by atoms with Gasteiger partial charge in [0.1, 0.15) is 5.72 Å². The van der Waals surface area contributed by atoms with Crippen molar-refractivity contribution in [2.75, 3.05) is 13.2 Å². The molecule has 0 heterocycles.